The fourth-order valence-corrected chi connectivity index (χ4v) is 3.38. The molecule has 2 aromatic carbocycles. The molecule has 35 heavy (non-hydrogen) atoms. The molecule has 11 nitrogen and oxygen atoms in total. The van der Waals surface area contributed by atoms with Gasteiger partial charge in [-0.15, -0.1) is 0 Å². The number of hydrogen-bond acceptors (Lipinski definition) is 9. The summed E-state index contributed by atoms with van der Waals surface area (Å²) in [7, 11) is 1.27. The van der Waals surface area contributed by atoms with Gasteiger partial charge in [0.15, 0.2) is 17.7 Å². The number of carbonyl (C=O) groups excluding carboxylic acids is 2. The molecular weight excluding hydrogens is 456 g/mol. The summed E-state index contributed by atoms with van der Waals surface area (Å²) < 4.78 is 16.3. The summed E-state index contributed by atoms with van der Waals surface area (Å²) in [6.45, 7) is 3.64. The minimum absolute atomic E-state index is 0.136. The van der Waals surface area contributed by atoms with Gasteiger partial charge in [0.2, 0.25) is 0 Å². The number of phenols is 1. The number of amides is 2. The van der Waals surface area contributed by atoms with Crippen molar-refractivity contribution < 1.29 is 34.0 Å². The van der Waals surface area contributed by atoms with E-state index >= 15 is 0 Å². The van der Waals surface area contributed by atoms with E-state index in [1.54, 1.807) is 44.2 Å². The number of hydrogen-bond donors (Lipinski definition) is 5. The minimum Gasteiger partial charge on any atom is -0.508 e. The van der Waals surface area contributed by atoms with E-state index in [-0.39, 0.29) is 17.9 Å². The number of phenolic OH excluding ortho intramolecular Hbond substituents is 1. The quantitative estimate of drug-likeness (QED) is 0.149. The summed E-state index contributed by atoms with van der Waals surface area (Å²) in [5.74, 6) is 0.314. The molecule has 2 aromatic rings. The molecule has 2 atom stereocenters. The number of nitrogens with zero attached hydrogens (tertiary/aromatic N) is 1. The molecule has 0 fully saturated rings. The number of benzene rings is 2. The molecule has 0 saturated heterocycles. The highest BCUT2D eigenvalue weighted by Gasteiger charge is 2.32. The molecular formula is C24H28N4O7. The van der Waals surface area contributed by atoms with Crippen LogP contribution in [-0.4, -0.2) is 55.0 Å². The van der Waals surface area contributed by atoms with Gasteiger partial charge in [0, 0.05) is 5.70 Å². The maximum Gasteiger partial charge on any atom is 0.337 e. The van der Waals surface area contributed by atoms with Crippen molar-refractivity contribution in [1.82, 2.24) is 16.1 Å². The van der Waals surface area contributed by atoms with Crippen molar-refractivity contribution in [3.63, 3.8) is 0 Å². The number of rotatable bonds is 10. The second-order valence-corrected chi connectivity index (χ2v) is 7.51. The number of aliphatic hydroxyl groups is 1. The van der Waals surface area contributed by atoms with Crippen LogP contribution in [0.2, 0.25) is 0 Å². The van der Waals surface area contributed by atoms with E-state index in [2.05, 4.69) is 21.2 Å². The zero-order chi connectivity index (χ0) is 25.4. The summed E-state index contributed by atoms with van der Waals surface area (Å²) in [5.41, 5.74) is 4.54. The molecule has 0 spiro atoms. The summed E-state index contributed by atoms with van der Waals surface area (Å²) >= 11 is 0. The first kappa shape index (κ1) is 25.4. The fraction of sp³-hybridized carbons (Fsp3) is 0.292. The van der Waals surface area contributed by atoms with E-state index in [0.29, 0.717) is 29.4 Å². The molecule has 1 aliphatic rings. The molecule has 0 radical (unpaired) electrons. The molecule has 0 aliphatic carbocycles. The van der Waals surface area contributed by atoms with Crippen LogP contribution in [-0.2, 0) is 9.53 Å². The number of aliphatic hydroxyl groups excluding tert-OH is 1. The molecule has 5 N–H and O–H groups in total. The second-order valence-electron chi connectivity index (χ2n) is 7.51. The van der Waals surface area contributed by atoms with E-state index in [1.165, 1.54) is 25.5 Å². The van der Waals surface area contributed by atoms with Gasteiger partial charge in [-0.25, -0.2) is 9.59 Å². The Morgan fingerprint density at radius 3 is 2.63 bits per heavy atom. The minimum atomic E-state index is -1.11. The van der Waals surface area contributed by atoms with Gasteiger partial charge < -0.3 is 35.1 Å². The van der Waals surface area contributed by atoms with Gasteiger partial charge in [-0.1, -0.05) is 6.07 Å². The molecule has 1 aliphatic heterocycles. The van der Waals surface area contributed by atoms with Gasteiger partial charge in [0.1, 0.15) is 12.4 Å². The van der Waals surface area contributed by atoms with E-state index in [4.69, 9.17) is 14.2 Å². The first-order valence-corrected chi connectivity index (χ1v) is 10.8. The van der Waals surface area contributed by atoms with E-state index in [1.807, 2.05) is 0 Å². The number of esters is 1. The van der Waals surface area contributed by atoms with Crippen LogP contribution in [0.15, 0.2) is 58.8 Å². The number of carbonyl (C=O) groups is 2. The van der Waals surface area contributed by atoms with Gasteiger partial charge in [0.05, 0.1) is 31.5 Å². The summed E-state index contributed by atoms with van der Waals surface area (Å²) in [6, 6.07) is 10.2. The van der Waals surface area contributed by atoms with Crippen molar-refractivity contribution in [3.8, 4) is 17.2 Å². The third-order valence-electron chi connectivity index (χ3n) is 5.00. The Kier molecular flexibility index (Phi) is 8.52. The molecule has 3 rings (SSSR count). The second kappa shape index (κ2) is 11.7. The zero-order valence-corrected chi connectivity index (χ0v) is 19.6. The van der Waals surface area contributed by atoms with Crippen molar-refractivity contribution in [2.45, 2.75) is 26.1 Å². The number of nitrogens with one attached hydrogen (secondary N) is 3. The van der Waals surface area contributed by atoms with Gasteiger partial charge >= 0.3 is 12.0 Å². The summed E-state index contributed by atoms with van der Waals surface area (Å²) in [4.78, 5) is 24.4. The zero-order valence-electron chi connectivity index (χ0n) is 19.6. The molecule has 1 heterocycles. The number of allylic oxidation sites excluding steroid dienone is 1. The molecule has 0 saturated carbocycles. The lowest BCUT2D eigenvalue weighted by Crippen LogP contribution is -2.45. The highest BCUT2D eigenvalue weighted by molar-refractivity contribution is 5.95. The lowest BCUT2D eigenvalue weighted by molar-refractivity contribution is -0.136. The van der Waals surface area contributed by atoms with Crippen LogP contribution >= 0.6 is 0 Å². The molecule has 186 valence electrons. The monoisotopic (exact) mass is 484 g/mol. The molecule has 11 heteroatoms. The standard InChI is InChI=1S/C24H28N4O7/c1-4-34-19-11-16(22-21(23(31)33-3)14(2)26-24(32)27-22)7-10-18(19)35-13-20(30)28-25-12-15-5-8-17(29)9-6-15/h5-12,20,22,28-30H,4,13H2,1-3H3,(H2,26,27,32)/b25-12-/t20-,22+/m0/s1. The molecule has 2 amide bonds. The highest BCUT2D eigenvalue weighted by atomic mass is 16.5. The van der Waals surface area contributed by atoms with Crippen LogP contribution < -0.4 is 25.5 Å². The van der Waals surface area contributed by atoms with Crippen molar-refractivity contribution in [1.29, 1.82) is 0 Å². The van der Waals surface area contributed by atoms with Crippen LogP contribution in [0, 0.1) is 0 Å². The number of methoxy groups -OCH3 is 1. The largest absolute Gasteiger partial charge is 0.508 e. The fourth-order valence-electron chi connectivity index (χ4n) is 3.38. The Hall–Kier alpha value is -4.25. The predicted molar refractivity (Wildman–Crippen MR) is 127 cm³/mol. The first-order chi connectivity index (χ1) is 16.8. The molecule has 0 unspecified atom stereocenters. The number of hydrazone groups is 1. The Morgan fingerprint density at radius 1 is 1.20 bits per heavy atom. The first-order valence-electron chi connectivity index (χ1n) is 10.8. The number of aromatic hydroxyl groups is 1. The average Bonchev–Trinajstić information content (AvgIpc) is 2.83. The highest BCUT2D eigenvalue weighted by Crippen LogP contribution is 2.34. The Morgan fingerprint density at radius 2 is 1.94 bits per heavy atom. The van der Waals surface area contributed by atoms with Gasteiger partial charge in [-0.05, 0) is 61.4 Å². The smallest absolute Gasteiger partial charge is 0.337 e. The number of ether oxygens (including phenoxy) is 3. The third-order valence-corrected chi connectivity index (χ3v) is 5.00. The van der Waals surface area contributed by atoms with E-state index in [0.717, 1.165) is 5.56 Å². The van der Waals surface area contributed by atoms with Crippen LogP contribution in [0.25, 0.3) is 0 Å². The summed E-state index contributed by atoms with van der Waals surface area (Å²) in [5, 5.41) is 28.7. The van der Waals surface area contributed by atoms with Crippen LogP contribution in [0.1, 0.15) is 31.0 Å². The van der Waals surface area contributed by atoms with E-state index < -0.39 is 24.3 Å². The Labute approximate surface area is 202 Å². The van der Waals surface area contributed by atoms with Crippen molar-refractivity contribution in [2.24, 2.45) is 5.10 Å². The van der Waals surface area contributed by atoms with Crippen LogP contribution in [0.5, 0.6) is 17.2 Å². The van der Waals surface area contributed by atoms with Crippen molar-refractivity contribution >= 4 is 18.2 Å². The lowest BCUT2D eigenvalue weighted by atomic mass is 9.95. The SMILES string of the molecule is CCOc1cc([C@H]2NC(=O)NC(C)=C2C(=O)OC)ccc1OC[C@H](O)N/N=C\c1ccc(O)cc1. The van der Waals surface area contributed by atoms with Gasteiger partial charge in [-0.3, -0.25) is 5.43 Å². The van der Waals surface area contributed by atoms with Gasteiger partial charge in [-0.2, -0.15) is 5.10 Å². The average molecular weight is 485 g/mol. The van der Waals surface area contributed by atoms with Gasteiger partial charge in [0.25, 0.3) is 0 Å². The topological polar surface area (TPSA) is 151 Å². The third kappa shape index (κ3) is 6.64. The Bertz CT molecular complexity index is 1120. The lowest BCUT2D eigenvalue weighted by Gasteiger charge is -2.28. The number of urea groups is 1. The maximum atomic E-state index is 12.3. The summed E-state index contributed by atoms with van der Waals surface area (Å²) in [6.07, 6.45) is 0.378. The van der Waals surface area contributed by atoms with Crippen molar-refractivity contribution in [3.05, 3.63) is 64.9 Å². The molecule has 0 bridgehead atoms. The maximum absolute atomic E-state index is 12.3. The molecule has 0 aromatic heterocycles. The predicted octanol–water partition coefficient (Wildman–Crippen LogP) is 1.91. The Balaban J connectivity index is 1.71. The van der Waals surface area contributed by atoms with Crippen molar-refractivity contribution in [2.75, 3.05) is 20.3 Å². The normalized spacial score (nSPS) is 16.3. The van der Waals surface area contributed by atoms with Crippen LogP contribution in [0.3, 0.4) is 0 Å². The van der Waals surface area contributed by atoms with E-state index in [9.17, 15) is 19.8 Å². The van der Waals surface area contributed by atoms with Crippen LogP contribution in [0.4, 0.5) is 4.79 Å².